The Morgan fingerprint density at radius 1 is 0.875 bits per heavy atom. The number of ether oxygens (including phenoxy) is 1. The Morgan fingerprint density at radius 3 is 2.12 bits per heavy atom. The summed E-state index contributed by atoms with van der Waals surface area (Å²) in [4.78, 5) is 22.5. The summed E-state index contributed by atoms with van der Waals surface area (Å²) in [5, 5.41) is 0. The lowest BCUT2D eigenvalue weighted by Gasteiger charge is -2.03. The third-order valence-corrected chi connectivity index (χ3v) is 2.47. The van der Waals surface area contributed by atoms with Crippen molar-refractivity contribution in [3.05, 3.63) is 0 Å². The lowest BCUT2D eigenvalue weighted by Crippen LogP contribution is -2.17. The molecular weight excluding hydrogens is 204 g/mol. The van der Waals surface area contributed by atoms with E-state index in [2.05, 4.69) is 13.8 Å². The van der Waals surface area contributed by atoms with Crippen LogP contribution in [0.15, 0.2) is 0 Å². The molecule has 3 heteroatoms. The molecule has 0 radical (unpaired) electrons. The Morgan fingerprint density at radius 2 is 1.50 bits per heavy atom. The van der Waals surface area contributed by atoms with Crippen molar-refractivity contribution in [3.8, 4) is 0 Å². The highest BCUT2D eigenvalue weighted by Gasteiger charge is 2.13. The van der Waals surface area contributed by atoms with Gasteiger partial charge in [-0.1, -0.05) is 46.0 Å². The van der Waals surface area contributed by atoms with Gasteiger partial charge in [0.05, 0.1) is 6.61 Å². The fourth-order valence-corrected chi connectivity index (χ4v) is 1.41. The normalized spacial score (nSPS) is 10.1. The quantitative estimate of drug-likeness (QED) is 0.327. The third kappa shape index (κ3) is 8.45. The van der Waals surface area contributed by atoms with Crippen LogP contribution in [-0.2, 0) is 14.3 Å². The van der Waals surface area contributed by atoms with Crippen molar-refractivity contribution >= 4 is 11.8 Å². The standard InChI is InChI=1S/C13H24O3/c1-3-5-7-8-10-12(14)13(15)16-11-9-6-4-2/h3-11H2,1-2H3. The van der Waals surface area contributed by atoms with Gasteiger partial charge in [0.15, 0.2) is 0 Å². The first kappa shape index (κ1) is 15.1. The molecule has 94 valence electrons. The molecule has 0 aliphatic heterocycles. The summed E-state index contributed by atoms with van der Waals surface area (Å²) in [5.41, 5.74) is 0. The van der Waals surface area contributed by atoms with E-state index in [0.29, 0.717) is 13.0 Å². The Kier molecular flexibility index (Phi) is 10.1. The zero-order valence-electron chi connectivity index (χ0n) is 10.6. The fraction of sp³-hybridized carbons (Fsp3) is 0.846. The lowest BCUT2D eigenvalue weighted by molar-refractivity contribution is -0.154. The van der Waals surface area contributed by atoms with Crippen molar-refractivity contribution in [2.45, 2.75) is 65.2 Å². The van der Waals surface area contributed by atoms with Crippen molar-refractivity contribution in [3.63, 3.8) is 0 Å². The fourth-order valence-electron chi connectivity index (χ4n) is 1.41. The summed E-state index contributed by atoms with van der Waals surface area (Å²) in [6, 6.07) is 0. The number of Topliss-reactive ketones (excluding diaryl/α,β-unsaturated/α-hetero) is 1. The van der Waals surface area contributed by atoms with Crippen molar-refractivity contribution in [2.75, 3.05) is 6.61 Å². The predicted molar refractivity (Wildman–Crippen MR) is 64.3 cm³/mol. The molecule has 0 fully saturated rings. The lowest BCUT2D eigenvalue weighted by atomic mass is 10.1. The Labute approximate surface area is 98.6 Å². The summed E-state index contributed by atoms with van der Waals surface area (Å²) in [7, 11) is 0. The van der Waals surface area contributed by atoms with Gasteiger partial charge in [-0.3, -0.25) is 4.79 Å². The molecule has 0 unspecified atom stereocenters. The highest BCUT2D eigenvalue weighted by atomic mass is 16.5. The van der Waals surface area contributed by atoms with Crippen molar-refractivity contribution in [1.29, 1.82) is 0 Å². The van der Waals surface area contributed by atoms with Gasteiger partial charge >= 0.3 is 5.97 Å². The number of rotatable bonds is 10. The number of esters is 1. The molecule has 0 saturated heterocycles. The van der Waals surface area contributed by atoms with Gasteiger partial charge < -0.3 is 4.74 Å². The topological polar surface area (TPSA) is 43.4 Å². The minimum absolute atomic E-state index is 0.340. The summed E-state index contributed by atoms with van der Waals surface area (Å²) in [6.07, 6.45) is 7.40. The summed E-state index contributed by atoms with van der Waals surface area (Å²) in [6.45, 7) is 4.58. The number of carbonyl (C=O) groups is 2. The number of hydrogen-bond acceptors (Lipinski definition) is 3. The second kappa shape index (κ2) is 10.7. The molecule has 16 heavy (non-hydrogen) atoms. The van der Waals surface area contributed by atoms with Crippen LogP contribution >= 0.6 is 0 Å². The SMILES string of the molecule is CCCCCCC(=O)C(=O)OCCCCC. The van der Waals surface area contributed by atoms with Crippen LogP contribution in [-0.4, -0.2) is 18.4 Å². The van der Waals surface area contributed by atoms with E-state index in [1.807, 2.05) is 0 Å². The molecule has 0 aromatic rings. The zero-order chi connectivity index (χ0) is 12.2. The summed E-state index contributed by atoms with van der Waals surface area (Å²) < 4.78 is 4.87. The maximum Gasteiger partial charge on any atom is 0.374 e. The summed E-state index contributed by atoms with van der Waals surface area (Å²) in [5.74, 6) is -1.01. The molecule has 0 spiro atoms. The van der Waals surface area contributed by atoms with E-state index >= 15 is 0 Å². The molecule has 0 aromatic heterocycles. The number of unbranched alkanes of at least 4 members (excludes halogenated alkanes) is 5. The third-order valence-electron chi connectivity index (χ3n) is 2.47. The smallest absolute Gasteiger partial charge is 0.374 e. The molecule has 0 aliphatic rings. The van der Waals surface area contributed by atoms with E-state index in [4.69, 9.17) is 4.74 Å². The summed E-state index contributed by atoms with van der Waals surface area (Å²) >= 11 is 0. The van der Waals surface area contributed by atoms with E-state index in [9.17, 15) is 9.59 Å². The van der Waals surface area contributed by atoms with Gasteiger partial charge in [0, 0.05) is 6.42 Å². The zero-order valence-corrected chi connectivity index (χ0v) is 10.6. The second-order valence-corrected chi connectivity index (χ2v) is 4.08. The van der Waals surface area contributed by atoms with Crippen molar-refractivity contribution < 1.29 is 14.3 Å². The van der Waals surface area contributed by atoms with Crippen LogP contribution in [0.5, 0.6) is 0 Å². The molecule has 0 atom stereocenters. The number of hydrogen-bond donors (Lipinski definition) is 0. The molecule has 0 N–H and O–H groups in total. The first-order valence-electron chi connectivity index (χ1n) is 6.42. The van der Waals surface area contributed by atoms with E-state index in [1.165, 1.54) is 0 Å². The van der Waals surface area contributed by atoms with Crippen LogP contribution < -0.4 is 0 Å². The van der Waals surface area contributed by atoms with Gasteiger partial charge in [-0.25, -0.2) is 4.79 Å². The maximum atomic E-state index is 11.3. The van der Waals surface area contributed by atoms with Gasteiger partial charge in [0.25, 0.3) is 0 Å². The van der Waals surface area contributed by atoms with Crippen LogP contribution in [0, 0.1) is 0 Å². The van der Waals surface area contributed by atoms with E-state index in [1.54, 1.807) is 0 Å². The van der Waals surface area contributed by atoms with Crippen molar-refractivity contribution in [1.82, 2.24) is 0 Å². The van der Waals surface area contributed by atoms with Gasteiger partial charge in [0.2, 0.25) is 5.78 Å². The number of ketones is 1. The average Bonchev–Trinajstić information content (AvgIpc) is 2.29. The predicted octanol–water partition coefficient (Wildman–Crippen LogP) is 3.26. The largest absolute Gasteiger partial charge is 0.460 e. The Bertz CT molecular complexity index is 177. The van der Waals surface area contributed by atoms with E-state index < -0.39 is 5.97 Å². The molecule has 3 nitrogen and oxygen atoms in total. The van der Waals surface area contributed by atoms with Crippen LogP contribution in [0.1, 0.15) is 65.2 Å². The molecule has 0 bridgehead atoms. The maximum absolute atomic E-state index is 11.3. The highest BCUT2D eigenvalue weighted by Crippen LogP contribution is 2.04. The van der Waals surface area contributed by atoms with Gasteiger partial charge in [0.1, 0.15) is 0 Å². The minimum atomic E-state index is -0.646. The molecule has 0 aromatic carbocycles. The van der Waals surface area contributed by atoms with Gasteiger partial charge in [-0.05, 0) is 12.8 Å². The van der Waals surface area contributed by atoms with E-state index in [-0.39, 0.29) is 5.78 Å². The van der Waals surface area contributed by atoms with Crippen molar-refractivity contribution in [2.24, 2.45) is 0 Å². The average molecular weight is 228 g/mol. The first-order chi connectivity index (χ1) is 7.72. The molecular formula is C13H24O3. The number of carbonyl (C=O) groups excluding carboxylic acids is 2. The van der Waals surface area contributed by atoms with Crippen LogP contribution in [0.25, 0.3) is 0 Å². The Balaban J connectivity index is 3.46. The van der Waals surface area contributed by atoms with E-state index in [0.717, 1.165) is 44.9 Å². The monoisotopic (exact) mass is 228 g/mol. The highest BCUT2D eigenvalue weighted by molar-refractivity contribution is 6.33. The second-order valence-electron chi connectivity index (χ2n) is 4.08. The molecule has 0 rings (SSSR count). The van der Waals surface area contributed by atoms with Crippen LogP contribution in [0.2, 0.25) is 0 Å². The molecule has 0 amide bonds. The Hall–Kier alpha value is -0.860. The van der Waals surface area contributed by atoms with Crippen LogP contribution in [0.4, 0.5) is 0 Å². The minimum Gasteiger partial charge on any atom is -0.460 e. The first-order valence-corrected chi connectivity index (χ1v) is 6.42. The molecule has 0 saturated carbocycles. The van der Waals surface area contributed by atoms with Crippen LogP contribution in [0.3, 0.4) is 0 Å². The molecule has 0 heterocycles. The molecule has 0 aliphatic carbocycles. The van der Waals surface area contributed by atoms with Gasteiger partial charge in [-0.2, -0.15) is 0 Å². The van der Waals surface area contributed by atoms with Gasteiger partial charge in [-0.15, -0.1) is 0 Å².